The molecule has 2 heterocycles. The van der Waals surface area contributed by atoms with E-state index in [1.807, 2.05) is 13.8 Å². The Morgan fingerprint density at radius 2 is 1.86 bits per heavy atom. The Balaban J connectivity index is 2.01. The maximum Gasteiger partial charge on any atom is 0.265 e. The van der Waals surface area contributed by atoms with Gasteiger partial charge >= 0.3 is 0 Å². The molecular formula is C15H14Cl3NO2S. The molecule has 2 atom stereocenters. The first-order chi connectivity index (χ1) is 10.4. The van der Waals surface area contributed by atoms with Crippen molar-refractivity contribution < 1.29 is 9.53 Å². The number of ether oxygens (including phenoxy) is 1. The van der Waals surface area contributed by atoms with E-state index in [9.17, 15) is 4.79 Å². The molecule has 22 heavy (non-hydrogen) atoms. The number of hydrogen-bond acceptors (Lipinski definition) is 3. The van der Waals surface area contributed by atoms with Gasteiger partial charge in [0.1, 0.15) is 4.88 Å². The van der Waals surface area contributed by atoms with E-state index in [0.29, 0.717) is 38.4 Å². The van der Waals surface area contributed by atoms with Gasteiger partial charge in [0.15, 0.2) is 0 Å². The van der Waals surface area contributed by atoms with Gasteiger partial charge in [-0.25, -0.2) is 0 Å². The Morgan fingerprint density at radius 3 is 2.50 bits per heavy atom. The molecule has 0 radical (unpaired) electrons. The maximum atomic E-state index is 12.8. The molecule has 0 saturated carbocycles. The predicted octanol–water partition coefficient (Wildman–Crippen LogP) is 5.11. The van der Waals surface area contributed by atoms with Crippen LogP contribution in [0.25, 0.3) is 10.1 Å². The van der Waals surface area contributed by atoms with E-state index >= 15 is 0 Å². The number of amides is 1. The third-order valence-electron chi connectivity index (χ3n) is 3.55. The van der Waals surface area contributed by atoms with E-state index in [1.54, 1.807) is 17.0 Å². The lowest BCUT2D eigenvalue weighted by Crippen LogP contribution is -2.48. The maximum absolute atomic E-state index is 12.8. The van der Waals surface area contributed by atoms with Gasteiger partial charge in [-0.1, -0.05) is 34.8 Å². The lowest BCUT2D eigenvalue weighted by atomic mass is 10.2. The first-order valence-electron chi connectivity index (χ1n) is 6.88. The average Bonchev–Trinajstić information content (AvgIpc) is 2.73. The van der Waals surface area contributed by atoms with Gasteiger partial charge in [0.05, 0.1) is 22.3 Å². The first-order valence-corrected chi connectivity index (χ1v) is 8.83. The van der Waals surface area contributed by atoms with Gasteiger partial charge in [0, 0.05) is 28.2 Å². The number of carbonyl (C=O) groups excluding carboxylic acids is 1. The Bertz CT molecular complexity index is 736. The fourth-order valence-corrected chi connectivity index (χ4v) is 5.08. The normalized spacial score (nSPS) is 22.3. The number of nitrogens with zero attached hydrogens (tertiary/aromatic N) is 1. The number of morpholine rings is 1. The zero-order valence-corrected chi connectivity index (χ0v) is 15.1. The van der Waals surface area contributed by atoms with Crippen LogP contribution in [0.3, 0.4) is 0 Å². The Labute approximate surface area is 147 Å². The minimum atomic E-state index is -0.0830. The molecule has 118 valence electrons. The third-order valence-corrected chi connectivity index (χ3v) is 5.68. The highest BCUT2D eigenvalue weighted by atomic mass is 35.5. The summed E-state index contributed by atoms with van der Waals surface area (Å²) in [7, 11) is 0. The van der Waals surface area contributed by atoms with Gasteiger partial charge < -0.3 is 9.64 Å². The summed E-state index contributed by atoms with van der Waals surface area (Å²) in [4.78, 5) is 15.1. The molecule has 1 saturated heterocycles. The van der Waals surface area contributed by atoms with Gasteiger partial charge in [-0.2, -0.15) is 0 Å². The summed E-state index contributed by atoms with van der Waals surface area (Å²) >= 11 is 20.0. The van der Waals surface area contributed by atoms with Gasteiger partial charge in [0.2, 0.25) is 0 Å². The van der Waals surface area contributed by atoms with E-state index in [1.165, 1.54) is 11.3 Å². The number of benzene rings is 1. The van der Waals surface area contributed by atoms with E-state index in [2.05, 4.69) is 0 Å². The summed E-state index contributed by atoms with van der Waals surface area (Å²) in [6, 6.07) is 3.41. The van der Waals surface area contributed by atoms with Crippen LogP contribution in [0.15, 0.2) is 12.1 Å². The Morgan fingerprint density at radius 1 is 1.23 bits per heavy atom. The van der Waals surface area contributed by atoms with Crippen LogP contribution in [0, 0.1) is 0 Å². The Hall–Kier alpha value is -0.520. The summed E-state index contributed by atoms with van der Waals surface area (Å²) in [5.41, 5.74) is 0. The first kappa shape index (κ1) is 16.3. The minimum Gasteiger partial charge on any atom is -0.372 e. The van der Waals surface area contributed by atoms with Gasteiger partial charge in [-0.05, 0) is 26.0 Å². The summed E-state index contributed by atoms with van der Waals surface area (Å²) in [5.74, 6) is -0.0830. The molecule has 2 aromatic rings. The molecule has 0 unspecified atom stereocenters. The summed E-state index contributed by atoms with van der Waals surface area (Å²) < 4.78 is 6.48. The van der Waals surface area contributed by atoms with Crippen LogP contribution >= 0.6 is 46.1 Å². The quantitative estimate of drug-likeness (QED) is 0.690. The zero-order chi connectivity index (χ0) is 16.0. The van der Waals surface area contributed by atoms with Crippen molar-refractivity contribution in [2.75, 3.05) is 13.1 Å². The SMILES string of the molecule is C[C@@H]1CN(C(=O)c2sc3cc(Cl)cc(Cl)c3c2Cl)C[C@H](C)O1. The van der Waals surface area contributed by atoms with Crippen molar-refractivity contribution in [2.45, 2.75) is 26.1 Å². The van der Waals surface area contributed by atoms with Crippen molar-refractivity contribution in [3.63, 3.8) is 0 Å². The molecule has 1 aliphatic heterocycles. The summed E-state index contributed by atoms with van der Waals surface area (Å²) in [6.45, 7) is 5.03. The molecule has 1 amide bonds. The fourth-order valence-electron chi connectivity index (χ4n) is 2.74. The van der Waals surface area contributed by atoms with E-state index in [4.69, 9.17) is 39.5 Å². The highest BCUT2D eigenvalue weighted by molar-refractivity contribution is 7.21. The van der Waals surface area contributed by atoms with Crippen molar-refractivity contribution in [1.82, 2.24) is 4.90 Å². The second-order valence-corrected chi connectivity index (χ2v) is 7.75. The molecule has 1 aliphatic rings. The van der Waals surface area contributed by atoms with Crippen LogP contribution in [0.2, 0.25) is 15.1 Å². The lowest BCUT2D eigenvalue weighted by molar-refractivity contribution is -0.0584. The predicted molar refractivity (Wildman–Crippen MR) is 92.8 cm³/mol. The lowest BCUT2D eigenvalue weighted by Gasteiger charge is -2.35. The second-order valence-electron chi connectivity index (χ2n) is 5.47. The van der Waals surface area contributed by atoms with E-state index < -0.39 is 0 Å². The molecule has 1 aromatic heterocycles. The van der Waals surface area contributed by atoms with Crippen LogP contribution in [0.5, 0.6) is 0 Å². The molecule has 7 heteroatoms. The van der Waals surface area contributed by atoms with Gasteiger partial charge in [-0.3, -0.25) is 4.79 Å². The third kappa shape index (κ3) is 2.95. The van der Waals surface area contributed by atoms with Crippen LogP contribution in [0.4, 0.5) is 0 Å². The smallest absolute Gasteiger partial charge is 0.265 e. The Kier molecular flexibility index (Phi) is 4.59. The van der Waals surface area contributed by atoms with Crippen LogP contribution in [-0.2, 0) is 4.74 Å². The highest BCUT2D eigenvalue weighted by Gasteiger charge is 2.29. The van der Waals surface area contributed by atoms with Crippen LogP contribution in [0.1, 0.15) is 23.5 Å². The molecule has 1 fully saturated rings. The van der Waals surface area contributed by atoms with Gasteiger partial charge in [0.25, 0.3) is 5.91 Å². The topological polar surface area (TPSA) is 29.5 Å². The highest BCUT2D eigenvalue weighted by Crippen LogP contribution is 2.41. The second kappa shape index (κ2) is 6.17. The number of halogens is 3. The zero-order valence-electron chi connectivity index (χ0n) is 12.0. The molecule has 0 N–H and O–H groups in total. The average molecular weight is 379 g/mol. The van der Waals surface area contributed by atoms with E-state index in [-0.39, 0.29) is 18.1 Å². The number of carbonyl (C=O) groups is 1. The molecule has 0 bridgehead atoms. The molecule has 0 spiro atoms. The monoisotopic (exact) mass is 377 g/mol. The number of thiophene rings is 1. The van der Waals surface area contributed by atoms with Gasteiger partial charge in [-0.15, -0.1) is 11.3 Å². The molecule has 3 nitrogen and oxygen atoms in total. The van der Waals surface area contributed by atoms with E-state index in [0.717, 1.165) is 4.70 Å². The van der Waals surface area contributed by atoms with Crippen molar-refractivity contribution in [2.24, 2.45) is 0 Å². The fraction of sp³-hybridized carbons (Fsp3) is 0.400. The van der Waals surface area contributed by atoms with Crippen LogP contribution < -0.4 is 0 Å². The van der Waals surface area contributed by atoms with Crippen molar-refractivity contribution in [1.29, 1.82) is 0 Å². The number of hydrogen-bond donors (Lipinski definition) is 0. The minimum absolute atomic E-state index is 0.0129. The molecule has 1 aromatic carbocycles. The standard InChI is InChI=1S/C15H14Cl3NO2S/c1-7-5-19(6-8(2)21-7)15(20)14-13(18)12-10(17)3-9(16)4-11(12)22-14/h3-4,7-8H,5-6H2,1-2H3/t7-,8+. The van der Waals surface area contributed by atoms with Crippen molar-refractivity contribution >= 4 is 62.1 Å². The molecule has 0 aliphatic carbocycles. The van der Waals surface area contributed by atoms with Crippen molar-refractivity contribution in [3.05, 3.63) is 32.1 Å². The molecular weight excluding hydrogens is 365 g/mol. The van der Waals surface area contributed by atoms with Crippen LogP contribution in [-0.4, -0.2) is 36.1 Å². The summed E-state index contributed by atoms with van der Waals surface area (Å²) in [6.07, 6.45) is 0.0257. The van der Waals surface area contributed by atoms with Crippen molar-refractivity contribution in [3.8, 4) is 0 Å². The number of fused-ring (bicyclic) bond motifs is 1. The number of rotatable bonds is 1. The summed E-state index contributed by atoms with van der Waals surface area (Å²) in [5, 5.41) is 2.09. The largest absolute Gasteiger partial charge is 0.372 e. The molecule has 3 rings (SSSR count).